The minimum atomic E-state index is -4.94. The predicted octanol–water partition coefficient (Wildman–Crippen LogP) is 1.61. The minimum absolute atomic E-state index is 0.297. The Hall–Kier alpha value is -2.27. The molecular formula is C10H7F3N2O3. The van der Waals surface area contributed by atoms with Gasteiger partial charge in [0.1, 0.15) is 11.8 Å². The zero-order valence-corrected chi connectivity index (χ0v) is 8.78. The molecule has 0 unspecified atom stereocenters. The number of hydrogen-bond donors (Lipinski definition) is 2. The molecule has 0 heterocycles. The Balaban J connectivity index is 3.41. The largest absolute Gasteiger partial charge is 0.573 e. The van der Waals surface area contributed by atoms with Crippen LogP contribution in [0.4, 0.5) is 13.2 Å². The van der Waals surface area contributed by atoms with Crippen molar-refractivity contribution in [2.24, 2.45) is 5.73 Å². The number of carboxylic acids is 1. The Bertz CT molecular complexity index is 520. The molecule has 0 spiro atoms. The zero-order chi connectivity index (χ0) is 13.9. The van der Waals surface area contributed by atoms with Gasteiger partial charge in [0, 0.05) is 12.1 Å². The van der Waals surface area contributed by atoms with E-state index >= 15 is 0 Å². The summed E-state index contributed by atoms with van der Waals surface area (Å²) in [6, 6.07) is 3.20. The quantitative estimate of drug-likeness (QED) is 0.860. The maximum absolute atomic E-state index is 12.1. The Morgan fingerprint density at radius 1 is 1.50 bits per heavy atom. The first-order valence-electron chi connectivity index (χ1n) is 4.55. The molecule has 8 heteroatoms. The van der Waals surface area contributed by atoms with Crippen molar-refractivity contribution in [3.63, 3.8) is 0 Å². The van der Waals surface area contributed by atoms with Gasteiger partial charge < -0.3 is 15.6 Å². The van der Waals surface area contributed by atoms with Crippen molar-refractivity contribution in [1.82, 2.24) is 0 Å². The van der Waals surface area contributed by atoms with Crippen LogP contribution in [0, 0.1) is 11.3 Å². The van der Waals surface area contributed by atoms with Crippen LogP contribution >= 0.6 is 0 Å². The number of benzene rings is 1. The van der Waals surface area contributed by atoms with E-state index < -0.39 is 35.8 Å². The van der Waals surface area contributed by atoms with E-state index in [0.717, 1.165) is 12.1 Å². The SMILES string of the molecule is N#Cc1c(C(=O)O)ccc(OC(F)(F)F)c1CN. The van der Waals surface area contributed by atoms with Crippen LogP contribution in [0.25, 0.3) is 0 Å². The molecule has 1 aromatic rings. The van der Waals surface area contributed by atoms with Crippen LogP contribution in [-0.2, 0) is 6.54 Å². The highest BCUT2D eigenvalue weighted by Gasteiger charge is 2.33. The van der Waals surface area contributed by atoms with Gasteiger partial charge in [-0.2, -0.15) is 5.26 Å². The van der Waals surface area contributed by atoms with Crippen LogP contribution in [0.1, 0.15) is 21.5 Å². The van der Waals surface area contributed by atoms with Gasteiger partial charge in [-0.25, -0.2) is 4.79 Å². The molecule has 0 saturated carbocycles. The molecule has 0 radical (unpaired) electrons. The highest BCUT2D eigenvalue weighted by molar-refractivity contribution is 5.91. The summed E-state index contributed by atoms with van der Waals surface area (Å²) in [6.07, 6.45) is -4.94. The highest BCUT2D eigenvalue weighted by Crippen LogP contribution is 2.30. The third kappa shape index (κ3) is 2.89. The second kappa shape index (κ2) is 4.93. The maximum Gasteiger partial charge on any atom is 0.573 e. The van der Waals surface area contributed by atoms with E-state index in [0.29, 0.717) is 0 Å². The predicted molar refractivity (Wildman–Crippen MR) is 52.7 cm³/mol. The molecule has 0 bridgehead atoms. The molecule has 0 aliphatic heterocycles. The molecule has 0 fully saturated rings. The molecule has 0 atom stereocenters. The Morgan fingerprint density at radius 2 is 2.11 bits per heavy atom. The van der Waals surface area contributed by atoms with Crippen LogP contribution in [0.3, 0.4) is 0 Å². The van der Waals surface area contributed by atoms with Gasteiger partial charge in [-0.1, -0.05) is 0 Å². The van der Waals surface area contributed by atoms with Crippen molar-refractivity contribution in [3.05, 3.63) is 28.8 Å². The van der Waals surface area contributed by atoms with Gasteiger partial charge in [-0.15, -0.1) is 13.2 Å². The molecule has 0 aliphatic rings. The van der Waals surface area contributed by atoms with E-state index in [-0.39, 0.29) is 5.56 Å². The number of alkyl halides is 3. The lowest BCUT2D eigenvalue weighted by Gasteiger charge is -2.14. The van der Waals surface area contributed by atoms with Gasteiger partial charge in [-0.05, 0) is 12.1 Å². The first-order chi connectivity index (χ1) is 8.30. The lowest BCUT2D eigenvalue weighted by Crippen LogP contribution is -2.20. The fourth-order valence-corrected chi connectivity index (χ4v) is 1.36. The minimum Gasteiger partial charge on any atom is -0.478 e. The molecule has 3 N–H and O–H groups in total. The van der Waals surface area contributed by atoms with Crippen molar-refractivity contribution < 1.29 is 27.8 Å². The third-order valence-corrected chi connectivity index (χ3v) is 2.04. The zero-order valence-electron chi connectivity index (χ0n) is 8.78. The summed E-state index contributed by atoms with van der Waals surface area (Å²) in [6.45, 7) is -0.449. The fraction of sp³-hybridized carbons (Fsp3) is 0.200. The number of halogens is 3. The summed E-state index contributed by atoms with van der Waals surface area (Å²) in [7, 11) is 0. The number of rotatable bonds is 3. The topological polar surface area (TPSA) is 96.3 Å². The van der Waals surface area contributed by atoms with Crippen molar-refractivity contribution in [2.75, 3.05) is 0 Å². The lowest BCUT2D eigenvalue weighted by molar-refractivity contribution is -0.274. The molecule has 18 heavy (non-hydrogen) atoms. The van der Waals surface area contributed by atoms with E-state index in [9.17, 15) is 18.0 Å². The first kappa shape index (κ1) is 13.8. The average Bonchev–Trinajstić information content (AvgIpc) is 2.25. The van der Waals surface area contributed by atoms with Crippen molar-refractivity contribution >= 4 is 5.97 Å². The number of nitriles is 1. The molecule has 0 amide bonds. The number of hydrogen-bond acceptors (Lipinski definition) is 4. The first-order valence-corrected chi connectivity index (χ1v) is 4.55. The standard InChI is InChI=1S/C10H7F3N2O3/c11-10(12,13)18-8-2-1-5(9(16)17)6(3-14)7(8)4-15/h1-2H,4,15H2,(H,16,17). The number of aromatic carboxylic acids is 1. The number of ether oxygens (including phenoxy) is 1. The highest BCUT2D eigenvalue weighted by atomic mass is 19.4. The van der Waals surface area contributed by atoms with Gasteiger partial charge in [0.25, 0.3) is 0 Å². The summed E-state index contributed by atoms with van der Waals surface area (Å²) in [5.74, 6) is -2.11. The Kier molecular flexibility index (Phi) is 3.78. The van der Waals surface area contributed by atoms with Gasteiger partial charge in [0.2, 0.25) is 0 Å². The summed E-state index contributed by atoms with van der Waals surface area (Å²) >= 11 is 0. The Labute approximate surface area is 99.2 Å². The lowest BCUT2D eigenvalue weighted by atomic mass is 10.0. The van der Waals surface area contributed by atoms with Crippen molar-refractivity contribution in [1.29, 1.82) is 5.26 Å². The van der Waals surface area contributed by atoms with Crippen LogP contribution in [-0.4, -0.2) is 17.4 Å². The Morgan fingerprint density at radius 3 is 2.50 bits per heavy atom. The van der Waals surface area contributed by atoms with Gasteiger partial charge in [0.05, 0.1) is 11.1 Å². The van der Waals surface area contributed by atoms with E-state index in [1.165, 1.54) is 6.07 Å². The van der Waals surface area contributed by atoms with Gasteiger partial charge in [-0.3, -0.25) is 0 Å². The van der Waals surface area contributed by atoms with Gasteiger partial charge >= 0.3 is 12.3 Å². The smallest absolute Gasteiger partial charge is 0.478 e. The number of nitrogens with two attached hydrogens (primary N) is 1. The fourth-order valence-electron chi connectivity index (χ4n) is 1.36. The second-order valence-electron chi connectivity index (χ2n) is 3.13. The normalized spacial score (nSPS) is 10.8. The summed E-state index contributed by atoms with van der Waals surface area (Å²) in [5, 5.41) is 17.6. The number of carboxylic acid groups (broad SMARTS) is 1. The van der Waals surface area contributed by atoms with Crippen LogP contribution in [0.2, 0.25) is 0 Å². The summed E-state index contributed by atoms with van der Waals surface area (Å²) in [4.78, 5) is 10.8. The molecule has 5 nitrogen and oxygen atoms in total. The van der Waals surface area contributed by atoms with Crippen molar-refractivity contribution in [3.8, 4) is 11.8 Å². The monoisotopic (exact) mass is 260 g/mol. The van der Waals surface area contributed by atoms with Crippen LogP contribution < -0.4 is 10.5 Å². The molecular weight excluding hydrogens is 253 g/mol. The van der Waals surface area contributed by atoms with Crippen LogP contribution in [0.5, 0.6) is 5.75 Å². The number of carbonyl (C=O) groups is 1. The molecule has 0 aromatic heterocycles. The molecule has 0 saturated heterocycles. The van der Waals surface area contributed by atoms with E-state index in [1.807, 2.05) is 0 Å². The van der Waals surface area contributed by atoms with E-state index in [2.05, 4.69) is 4.74 Å². The van der Waals surface area contributed by atoms with Crippen molar-refractivity contribution in [2.45, 2.75) is 12.9 Å². The van der Waals surface area contributed by atoms with Crippen LogP contribution in [0.15, 0.2) is 12.1 Å². The second-order valence-corrected chi connectivity index (χ2v) is 3.13. The third-order valence-electron chi connectivity index (χ3n) is 2.04. The summed E-state index contributed by atoms with van der Waals surface area (Å²) in [5.41, 5.74) is 4.07. The van der Waals surface area contributed by atoms with Gasteiger partial charge in [0.15, 0.2) is 0 Å². The molecule has 0 aliphatic carbocycles. The average molecular weight is 260 g/mol. The maximum atomic E-state index is 12.1. The molecule has 1 aromatic carbocycles. The molecule has 96 valence electrons. The number of nitrogens with zero attached hydrogens (tertiary/aromatic N) is 1. The van der Waals surface area contributed by atoms with E-state index in [4.69, 9.17) is 16.1 Å². The molecule has 1 rings (SSSR count). The van der Waals surface area contributed by atoms with E-state index in [1.54, 1.807) is 0 Å². The summed E-state index contributed by atoms with van der Waals surface area (Å²) < 4.78 is 39.9.